The predicted octanol–water partition coefficient (Wildman–Crippen LogP) is 9.13. The lowest BCUT2D eigenvalue weighted by Gasteiger charge is -2.22. The average Bonchev–Trinajstić information content (AvgIpc) is 3.08. The summed E-state index contributed by atoms with van der Waals surface area (Å²) in [4.78, 5) is 3.67. The highest BCUT2D eigenvalue weighted by Crippen LogP contribution is 2.36. The van der Waals surface area contributed by atoms with Crippen molar-refractivity contribution in [2.24, 2.45) is 5.92 Å². The van der Waals surface area contributed by atoms with E-state index < -0.39 is 0 Å². The van der Waals surface area contributed by atoms with Crippen LogP contribution in [0.5, 0.6) is 0 Å². The van der Waals surface area contributed by atoms with E-state index in [2.05, 4.69) is 46.0 Å². The van der Waals surface area contributed by atoms with Crippen molar-refractivity contribution in [2.45, 2.75) is 110 Å². The van der Waals surface area contributed by atoms with E-state index in [9.17, 15) is 0 Å². The van der Waals surface area contributed by atoms with Gasteiger partial charge in [0.2, 0.25) is 0 Å². The fourth-order valence-electron chi connectivity index (χ4n) is 5.00. The number of rotatable bonds is 13. The van der Waals surface area contributed by atoms with Crippen molar-refractivity contribution in [3.05, 3.63) is 33.9 Å². The van der Waals surface area contributed by atoms with Gasteiger partial charge in [0.25, 0.3) is 0 Å². The Hall–Kier alpha value is -0.760. The molecular weight excluding hydrogens is 406 g/mol. The summed E-state index contributed by atoms with van der Waals surface area (Å²) >= 11 is 3.70. The molecule has 0 spiro atoms. The van der Waals surface area contributed by atoms with E-state index >= 15 is 0 Å². The number of aromatic nitrogens is 1. The Morgan fingerprint density at radius 1 is 0.893 bits per heavy atom. The fourth-order valence-corrected chi connectivity index (χ4v) is 5.46. The fraction of sp³-hybridized carbons (Fsp3) is 0.692. The van der Waals surface area contributed by atoms with Crippen molar-refractivity contribution in [1.29, 1.82) is 0 Å². The number of fused-ring (bicyclic) bond motifs is 3. The normalized spacial score (nSPS) is 16.6. The first kappa shape index (κ1) is 21.9. The summed E-state index contributed by atoms with van der Waals surface area (Å²) in [5, 5.41) is 1.45. The van der Waals surface area contributed by atoms with Gasteiger partial charge >= 0.3 is 0 Å². The largest absolute Gasteiger partial charge is 0.357 e. The van der Waals surface area contributed by atoms with Gasteiger partial charge in [-0.1, -0.05) is 103 Å². The third kappa shape index (κ3) is 6.37. The van der Waals surface area contributed by atoms with Crippen LogP contribution in [0.2, 0.25) is 0 Å². The predicted molar refractivity (Wildman–Crippen MR) is 127 cm³/mol. The summed E-state index contributed by atoms with van der Waals surface area (Å²) in [6, 6.07) is 6.62. The third-order valence-electron chi connectivity index (χ3n) is 6.74. The van der Waals surface area contributed by atoms with Crippen molar-refractivity contribution in [3.63, 3.8) is 0 Å². The molecule has 0 saturated carbocycles. The molecule has 3 rings (SSSR count). The lowest BCUT2D eigenvalue weighted by molar-refractivity contribution is 0.403. The van der Waals surface area contributed by atoms with Gasteiger partial charge in [-0.25, -0.2) is 0 Å². The standard InChI is InChI=1S/C26H40BrN/c1-2-3-4-5-6-7-8-9-10-11-12-13-15-21-18-19-25-23(20-21)22-16-14-17-24(27)26(22)28-25/h14,16-17,21,28H,2-13,15,18-20H2,1H3. The molecular formula is C26H40BrN. The first-order valence-corrected chi connectivity index (χ1v) is 12.9. The molecule has 1 aromatic carbocycles. The number of H-pyrrole nitrogens is 1. The highest BCUT2D eigenvalue weighted by molar-refractivity contribution is 9.10. The zero-order valence-corrected chi connectivity index (χ0v) is 19.6. The van der Waals surface area contributed by atoms with Crippen LogP contribution < -0.4 is 0 Å². The highest BCUT2D eigenvalue weighted by atomic mass is 79.9. The molecule has 1 nitrogen and oxygen atoms in total. The van der Waals surface area contributed by atoms with Crippen molar-refractivity contribution in [3.8, 4) is 0 Å². The number of hydrogen-bond acceptors (Lipinski definition) is 0. The second-order valence-corrected chi connectivity index (χ2v) is 9.89. The molecule has 1 aromatic heterocycles. The maximum absolute atomic E-state index is 3.70. The molecule has 156 valence electrons. The molecule has 0 amide bonds. The molecule has 0 radical (unpaired) electrons. The van der Waals surface area contributed by atoms with Crippen LogP contribution in [0.1, 0.15) is 108 Å². The van der Waals surface area contributed by atoms with Gasteiger partial charge < -0.3 is 4.98 Å². The van der Waals surface area contributed by atoms with Gasteiger partial charge in [0, 0.05) is 15.6 Å². The summed E-state index contributed by atoms with van der Waals surface area (Å²) < 4.78 is 1.21. The summed E-state index contributed by atoms with van der Waals surface area (Å²) in [6.45, 7) is 2.30. The number of para-hydroxylation sites is 1. The molecule has 1 heterocycles. The molecule has 0 bridgehead atoms. The molecule has 1 N–H and O–H groups in total. The first-order valence-electron chi connectivity index (χ1n) is 12.1. The molecule has 2 heteroatoms. The molecule has 1 aliphatic rings. The van der Waals surface area contributed by atoms with E-state index in [0.29, 0.717) is 0 Å². The van der Waals surface area contributed by atoms with E-state index in [1.165, 1.54) is 124 Å². The monoisotopic (exact) mass is 445 g/mol. The van der Waals surface area contributed by atoms with E-state index in [1.54, 1.807) is 5.56 Å². The molecule has 1 aliphatic carbocycles. The number of nitrogens with one attached hydrogen (secondary N) is 1. The number of benzene rings is 1. The third-order valence-corrected chi connectivity index (χ3v) is 7.40. The molecule has 28 heavy (non-hydrogen) atoms. The van der Waals surface area contributed by atoms with Crippen molar-refractivity contribution < 1.29 is 0 Å². The van der Waals surface area contributed by atoms with Gasteiger partial charge in [0.05, 0.1) is 5.52 Å². The average molecular weight is 447 g/mol. The van der Waals surface area contributed by atoms with Crippen molar-refractivity contribution in [1.82, 2.24) is 4.98 Å². The molecule has 2 aromatic rings. The number of halogens is 1. The smallest absolute Gasteiger partial charge is 0.0603 e. The lowest BCUT2D eigenvalue weighted by Crippen LogP contribution is -2.13. The maximum Gasteiger partial charge on any atom is 0.0603 e. The van der Waals surface area contributed by atoms with Gasteiger partial charge in [-0.2, -0.15) is 0 Å². The lowest BCUT2D eigenvalue weighted by atomic mass is 9.83. The van der Waals surface area contributed by atoms with Crippen LogP contribution in [0.4, 0.5) is 0 Å². The zero-order chi connectivity index (χ0) is 19.6. The van der Waals surface area contributed by atoms with Crippen LogP contribution in [-0.4, -0.2) is 4.98 Å². The molecule has 1 unspecified atom stereocenters. The van der Waals surface area contributed by atoms with Crippen LogP contribution in [0, 0.1) is 5.92 Å². The number of aryl methyl sites for hydroxylation is 1. The van der Waals surface area contributed by atoms with Gasteiger partial charge in [-0.3, -0.25) is 0 Å². The molecule has 0 fully saturated rings. The summed E-state index contributed by atoms with van der Waals surface area (Å²) in [5.74, 6) is 0.897. The molecule has 1 atom stereocenters. The Bertz CT molecular complexity index is 702. The van der Waals surface area contributed by atoms with Gasteiger partial charge in [-0.15, -0.1) is 0 Å². The van der Waals surface area contributed by atoms with Crippen LogP contribution in [0.25, 0.3) is 10.9 Å². The van der Waals surface area contributed by atoms with Crippen LogP contribution in [-0.2, 0) is 12.8 Å². The van der Waals surface area contributed by atoms with Gasteiger partial charge in [-0.05, 0) is 52.7 Å². The molecule has 0 aliphatic heterocycles. The second kappa shape index (κ2) is 12.1. The van der Waals surface area contributed by atoms with Gasteiger partial charge in [0.15, 0.2) is 0 Å². The number of hydrogen-bond donors (Lipinski definition) is 1. The van der Waals surface area contributed by atoms with E-state index in [-0.39, 0.29) is 0 Å². The first-order chi connectivity index (χ1) is 13.8. The van der Waals surface area contributed by atoms with Crippen molar-refractivity contribution >= 4 is 26.8 Å². The zero-order valence-electron chi connectivity index (χ0n) is 18.0. The Morgan fingerprint density at radius 3 is 2.21 bits per heavy atom. The minimum absolute atomic E-state index is 0.897. The van der Waals surface area contributed by atoms with Crippen LogP contribution >= 0.6 is 15.9 Å². The Morgan fingerprint density at radius 2 is 1.54 bits per heavy atom. The summed E-state index contributed by atoms with van der Waals surface area (Å²) in [5.41, 5.74) is 4.40. The molecule has 0 saturated heterocycles. The minimum Gasteiger partial charge on any atom is -0.357 e. The summed E-state index contributed by atoms with van der Waals surface area (Å²) in [7, 11) is 0. The SMILES string of the molecule is CCCCCCCCCCCCCCC1CCc2[nH]c3c(Br)cccc3c2C1. The minimum atomic E-state index is 0.897. The van der Waals surface area contributed by atoms with E-state index in [0.717, 1.165) is 5.92 Å². The Kier molecular flexibility index (Phi) is 9.44. The summed E-state index contributed by atoms with van der Waals surface area (Å²) in [6.07, 6.45) is 22.7. The topological polar surface area (TPSA) is 15.8 Å². The van der Waals surface area contributed by atoms with Crippen LogP contribution in [0.3, 0.4) is 0 Å². The maximum atomic E-state index is 3.70. The van der Waals surface area contributed by atoms with E-state index in [1.807, 2.05) is 0 Å². The van der Waals surface area contributed by atoms with Crippen LogP contribution in [0.15, 0.2) is 22.7 Å². The van der Waals surface area contributed by atoms with E-state index in [4.69, 9.17) is 0 Å². The Labute approximate surface area is 181 Å². The highest BCUT2D eigenvalue weighted by Gasteiger charge is 2.22. The number of aromatic amines is 1. The second-order valence-electron chi connectivity index (χ2n) is 9.03. The quantitative estimate of drug-likeness (QED) is 0.295. The number of unbranched alkanes of at least 4 members (excludes halogenated alkanes) is 11. The van der Waals surface area contributed by atoms with Crippen molar-refractivity contribution in [2.75, 3.05) is 0 Å². The van der Waals surface area contributed by atoms with Gasteiger partial charge in [0.1, 0.15) is 0 Å². The Balaban J connectivity index is 1.26.